The van der Waals surface area contributed by atoms with Crippen LogP contribution in [0.1, 0.15) is 24.2 Å². The van der Waals surface area contributed by atoms with E-state index < -0.39 is 29.8 Å². The number of hydrogen-bond acceptors (Lipinski definition) is 4. The number of hydrogen-bond donors (Lipinski definition) is 1. The number of aliphatic hydroxyl groups is 1. The fourth-order valence-electron chi connectivity index (χ4n) is 2.46. The monoisotopic (exact) mass is 396 g/mol. The second-order valence-electron chi connectivity index (χ2n) is 5.63. The average Bonchev–Trinajstić information content (AvgIpc) is 2.66. The van der Waals surface area contributed by atoms with Gasteiger partial charge in [0.2, 0.25) is 0 Å². The maximum Gasteiger partial charge on any atom is 0.319 e. The smallest absolute Gasteiger partial charge is 0.319 e. The summed E-state index contributed by atoms with van der Waals surface area (Å²) in [5.74, 6) is -3.63. The molecule has 0 unspecified atom stereocenters. The van der Waals surface area contributed by atoms with Crippen LogP contribution in [0.25, 0.3) is 0 Å². The molecule has 7 heteroatoms. The van der Waals surface area contributed by atoms with E-state index in [9.17, 15) is 18.7 Å². The van der Waals surface area contributed by atoms with Crippen LogP contribution >= 0.6 is 11.6 Å². The molecule has 2 aromatic rings. The van der Waals surface area contributed by atoms with E-state index in [4.69, 9.17) is 21.1 Å². The number of aliphatic hydroxyl groups excluding tert-OH is 1. The first kappa shape index (κ1) is 20.9. The SMILES string of the molecule is CCOC(=O)[C@H](C(OCc1ccccc1)=C(F)F)[C@@H](O)c1ccc(Cl)cc1. The zero-order chi connectivity index (χ0) is 19.8. The lowest BCUT2D eigenvalue weighted by atomic mass is 9.94. The summed E-state index contributed by atoms with van der Waals surface area (Å²) in [4.78, 5) is 12.3. The first-order valence-corrected chi connectivity index (χ1v) is 8.63. The molecular weight excluding hydrogens is 378 g/mol. The first-order valence-electron chi connectivity index (χ1n) is 8.26. The van der Waals surface area contributed by atoms with Crippen molar-refractivity contribution in [3.63, 3.8) is 0 Å². The Morgan fingerprint density at radius 1 is 1.07 bits per heavy atom. The van der Waals surface area contributed by atoms with Crippen LogP contribution in [0, 0.1) is 5.92 Å². The number of carbonyl (C=O) groups excluding carboxylic acids is 1. The van der Waals surface area contributed by atoms with Gasteiger partial charge in [0, 0.05) is 5.02 Å². The summed E-state index contributed by atoms with van der Waals surface area (Å²) in [6, 6.07) is 14.5. The van der Waals surface area contributed by atoms with Crippen LogP contribution in [0.5, 0.6) is 0 Å². The van der Waals surface area contributed by atoms with Crippen LogP contribution < -0.4 is 0 Å². The lowest BCUT2D eigenvalue weighted by Crippen LogP contribution is -2.28. The minimum absolute atomic E-state index is 0.0253. The Labute approximate surface area is 161 Å². The molecule has 1 N–H and O–H groups in total. The molecule has 0 bridgehead atoms. The fraction of sp³-hybridized carbons (Fsp3) is 0.250. The first-order chi connectivity index (χ1) is 12.9. The van der Waals surface area contributed by atoms with Crippen molar-refractivity contribution in [2.75, 3.05) is 6.61 Å². The van der Waals surface area contributed by atoms with E-state index in [1.807, 2.05) is 0 Å². The van der Waals surface area contributed by atoms with Crippen molar-refractivity contribution in [3.8, 4) is 0 Å². The van der Waals surface area contributed by atoms with Gasteiger partial charge in [-0.3, -0.25) is 4.79 Å². The largest absolute Gasteiger partial charge is 0.487 e. The topological polar surface area (TPSA) is 55.8 Å². The highest BCUT2D eigenvalue weighted by Crippen LogP contribution is 2.33. The third-order valence-electron chi connectivity index (χ3n) is 3.77. The van der Waals surface area contributed by atoms with Crippen molar-refractivity contribution in [2.24, 2.45) is 5.92 Å². The second-order valence-corrected chi connectivity index (χ2v) is 6.06. The maximum atomic E-state index is 13.6. The van der Waals surface area contributed by atoms with Crippen molar-refractivity contribution >= 4 is 17.6 Å². The standard InChI is InChI=1S/C20H19ClF2O4/c1-2-26-20(25)16(17(24)14-8-10-15(21)11-9-14)18(19(22)23)27-12-13-6-4-3-5-7-13/h3-11,16-17,24H,2,12H2,1H3/t16-,17-/m0/s1. The van der Waals surface area contributed by atoms with E-state index in [1.165, 1.54) is 24.3 Å². The van der Waals surface area contributed by atoms with Gasteiger partial charge in [0.1, 0.15) is 12.5 Å². The molecule has 0 amide bonds. The highest BCUT2D eigenvalue weighted by atomic mass is 35.5. The van der Waals surface area contributed by atoms with Crippen LogP contribution in [0.15, 0.2) is 66.4 Å². The van der Waals surface area contributed by atoms with Crippen LogP contribution in [0.2, 0.25) is 5.02 Å². The molecule has 0 spiro atoms. The molecule has 0 fully saturated rings. The van der Waals surface area contributed by atoms with E-state index in [-0.39, 0.29) is 18.8 Å². The average molecular weight is 397 g/mol. The van der Waals surface area contributed by atoms with Gasteiger partial charge in [-0.15, -0.1) is 0 Å². The summed E-state index contributed by atoms with van der Waals surface area (Å²) < 4.78 is 37.3. The highest BCUT2D eigenvalue weighted by Gasteiger charge is 2.37. The Balaban J connectivity index is 2.32. The molecular formula is C20H19ClF2O4. The van der Waals surface area contributed by atoms with E-state index in [0.29, 0.717) is 10.6 Å². The van der Waals surface area contributed by atoms with Crippen molar-refractivity contribution in [1.29, 1.82) is 0 Å². The molecule has 0 saturated heterocycles. The number of benzene rings is 2. The zero-order valence-electron chi connectivity index (χ0n) is 14.6. The molecule has 2 atom stereocenters. The van der Waals surface area contributed by atoms with Crippen molar-refractivity contribution < 1.29 is 28.2 Å². The lowest BCUT2D eigenvalue weighted by Gasteiger charge is -2.24. The molecule has 0 aliphatic heterocycles. The van der Waals surface area contributed by atoms with E-state index in [1.54, 1.807) is 37.3 Å². The predicted molar refractivity (Wildman–Crippen MR) is 97.0 cm³/mol. The molecule has 144 valence electrons. The Hall–Kier alpha value is -2.44. The number of halogens is 3. The van der Waals surface area contributed by atoms with Crippen LogP contribution in [-0.2, 0) is 20.9 Å². The fourth-order valence-corrected chi connectivity index (χ4v) is 2.59. The number of carbonyl (C=O) groups is 1. The minimum atomic E-state index is -2.20. The predicted octanol–water partition coefficient (Wildman–Crippen LogP) is 4.88. The van der Waals surface area contributed by atoms with E-state index >= 15 is 0 Å². The van der Waals surface area contributed by atoms with Gasteiger partial charge >= 0.3 is 12.0 Å². The molecule has 2 aromatic carbocycles. The number of rotatable bonds is 8. The molecule has 27 heavy (non-hydrogen) atoms. The van der Waals surface area contributed by atoms with Gasteiger partial charge in [0.05, 0.1) is 12.7 Å². The summed E-state index contributed by atoms with van der Waals surface area (Å²) in [5.41, 5.74) is 0.874. The van der Waals surface area contributed by atoms with E-state index in [2.05, 4.69) is 0 Å². The van der Waals surface area contributed by atoms with Gasteiger partial charge in [-0.05, 0) is 30.2 Å². The summed E-state index contributed by atoms with van der Waals surface area (Å²) in [6.45, 7) is 1.34. The highest BCUT2D eigenvalue weighted by molar-refractivity contribution is 6.30. The third-order valence-corrected chi connectivity index (χ3v) is 4.03. The molecule has 0 aliphatic rings. The maximum absolute atomic E-state index is 13.6. The Morgan fingerprint density at radius 2 is 1.70 bits per heavy atom. The summed E-state index contributed by atoms with van der Waals surface area (Å²) in [7, 11) is 0. The van der Waals surface area contributed by atoms with Gasteiger partial charge in [0.25, 0.3) is 0 Å². The van der Waals surface area contributed by atoms with Gasteiger partial charge in [-0.2, -0.15) is 8.78 Å². The normalized spacial score (nSPS) is 12.8. The number of ether oxygens (including phenoxy) is 2. The quantitative estimate of drug-likeness (QED) is 0.510. The minimum Gasteiger partial charge on any atom is -0.487 e. The number of esters is 1. The van der Waals surface area contributed by atoms with Crippen LogP contribution in [0.4, 0.5) is 8.78 Å². The Bertz CT molecular complexity index is 774. The van der Waals surface area contributed by atoms with Crippen LogP contribution in [-0.4, -0.2) is 17.7 Å². The van der Waals surface area contributed by atoms with Crippen molar-refractivity contribution in [3.05, 3.63) is 82.6 Å². The van der Waals surface area contributed by atoms with Gasteiger partial charge < -0.3 is 14.6 Å². The van der Waals surface area contributed by atoms with Crippen molar-refractivity contribution in [1.82, 2.24) is 0 Å². The molecule has 0 aliphatic carbocycles. The zero-order valence-corrected chi connectivity index (χ0v) is 15.3. The summed E-state index contributed by atoms with van der Waals surface area (Å²) in [6.07, 6.45) is -3.79. The summed E-state index contributed by atoms with van der Waals surface area (Å²) in [5, 5.41) is 11.0. The van der Waals surface area contributed by atoms with E-state index in [0.717, 1.165) is 0 Å². The Morgan fingerprint density at radius 3 is 2.26 bits per heavy atom. The third kappa shape index (κ3) is 5.77. The van der Waals surface area contributed by atoms with Gasteiger partial charge in [-0.1, -0.05) is 54.1 Å². The molecule has 4 nitrogen and oxygen atoms in total. The van der Waals surface area contributed by atoms with Gasteiger partial charge in [-0.25, -0.2) is 0 Å². The second kappa shape index (κ2) is 10.0. The van der Waals surface area contributed by atoms with Crippen molar-refractivity contribution in [2.45, 2.75) is 19.6 Å². The molecule has 0 saturated carbocycles. The molecule has 0 radical (unpaired) electrons. The summed E-state index contributed by atoms with van der Waals surface area (Å²) >= 11 is 5.81. The molecule has 0 heterocycles. The molecule has 0 aromatic heterocycles. The Kier molecular flexibility index (Phi) is 7.76. The van der Waals surface area contributed by atoms with Crippen LogP contribution in [0.3, 0.4) is 0 Å². The molecule has 2 rings (SSSR count). The van der Waals surface area contributed by atoms with Gasteiger partial charge in [0.15, 0.2) is 5.76 Å². The lowest BCUT2D eigenvalue weighted by molar-refractivity contribution is -0.152.